The van der Waals surface area contributed by atoms with Crippen LogP contribution in [0.2, 0.25) is 0 Å². The first-order valence-corrected chi connectivity index (χ1v) is 5.78. The maximum Gasteiger partial charge on any atom is 0.197 e. The van der Waals surface area contributed by atoms with Gasteiger partial charge in [-0.25, -0.2) is 15.0 Å². The van der Waals surface area contributed by atoms with Gasteiger partial charge >= 0.3 is 0 Å². The molecular formula is C13H9N5O2. The molecule has 2 N–H and O–H groups in total. The second-order valence-electron chi connectivity index (χ2n) is 3.94. The van der Waals surface area contributed by atoms with Gasteiger partial charge in [0.25, 0.3) is 0 Å². The number of H-pyrrole nitrogens is 1. The molecule has 0 amide bonds. The monoisotopic (exact) mass is 267 g/mol. The lowest BCUT2D eigenvalue weighted by atomic mass is 10.2. The first kappa shape index (κ1) is 11.9. The summed E-state index contributed by atoms with van der Waals surface area (Å²) in [7, 11) is 0. The van der Waals surface area contributed by atoms with Gasteiger partial charge in [0.05, 0.1) is 5.56 Å². The summed E-state index contributed by atoms with van der Waals surface area (Å²) in [5.41, 5.74) is 1.67. The molecule has 7 heteroatoms. The van der Waals surface area contributed by atoms with E-state index in [1.54, 1.807) is 18.5 Å². The Morgan fingerprint density at radius 3 is 2.95 bits per heavy atom. The zero-order valence-electron chi connectivity index (χ0n) is 10.2. The third kappa shape index (κ3) is 2.10. The van der Waals surface area contributed by atoms with Crippen molar-refractivity contribution in [2.75, 3.05) is 6.61 Å². The van der Waals surface area contributed by atoms with Gasteiger partial charge in [-0.2, -0.15) is 5.26 Å². The lowest BCUT2D eigenvalue weighted by molar-refractivity contribution is 0.366. The number of nitrogens with zero attached hydrogens (tertiary/aromatic N) is 4. The van der Waals surface area contributed by atoms with Crippen molar-refractivity contribution in [2.45, 2.75) is 0 Å². The first-order chi connectivity index (χ1) is 9.78. The number of rotatable bonds is 3. The molecule has 2 heterocycles. The summed E-state index contributed by atoms with van der Waals surface area (Å²) in [5, 5.41) is 18.1. The summed E-state index contributed by atoms with van der Waals surface area (Å²) in [5.74, 6) is 0.929. The fourth-order valence-corrected chi connectivity index (χ4v) is 1.81. The normalized spacial score (nSPS) is 10.3. The Labute approximate surface area is 113 Å². The Bertz CT molecular complexity index is 773. The third-order valence-electron chi connectivity index (χ3n) is 2.65. The first-order valence-electron chi connectivity index (χ1n) is 5.78. The maximum atomic E-state index is 9.51. The molecule has 0 saturated heterocycles. The van der Waals surface area contributed by atoms with Gasteiger partial charge in [-0.05, 0) is 12.1 Å². The number of ether oxygens (including phenoxy) is 1. The number of phenols is 1. The average Bonchev–Trinajstić information content (AvgIpc) is 2.88. The molecule has 1 aromatic carbocycles. The zero-order valence-corrected chi connectivity index (χ0v) is 10.2. The van der Waals surface area contributed by atoms with Crippen molar-refractivity contribution in [1.82, 2.24) is 19.9 Å². The number of nitrogens with one attached hydrogen (secondary N) is 1. The average molecular weight is 267 g/mol. The van der Waals surface area contributed by atoms with E-state index in [-0.39, 0.29) is 12.4 Å². The highest BCUT2D eigenvalue weighted by Gasteiger charge is 2.12. The van der Waals surface area contributed by atoms with Gasteiger partial charge < -0.3 is 14.8 Å². The molecule has 98 valence electrons. The molecule has 3 rings (SSSR count). The molecule has 0 radical (unpaired) electrons. The minimum atomic E-state index is -0.118. The SMILES string of the molecule is N#CCOc1cc(O)ccc1-c1nc2nccnc2[nH]1. The number of hydrogen-bond acceptors (Lipinski definition) is 6. The molecule has 0 aliphatic rings. The highest BCUT2D eigenvalue weighted by atomic mass is 16.5. The van der Waals surface area contributed by atoms with Crippen LogP contribution in [-0.4, -0.2) is 31.6 Å². The van der Waals surface area contributed by atoms with Crippen molar-refractivity contribution < 1.29 is 9.84 Å². The van der Waals surface area contributed by atoms with E-state index in [0.29, 0.717) is 28.4 Å². The predicted molar refractivity (Wildman–Crippen MR) is 69.9 cm³/mol. The largest absolute Gasteiger partial charge is 0.508 e. The number of imidazole rings is 1. The quantitative estimate of drug-likeness (QED) is 0.746. The Hall–Kier alpha value is -3.14. The molecule has 0 aliphatic heterocycles. The van der Waals surface area contributed by atoms with Crippen molar-refractivity contribution in [1.29, 1.82) is 5.26 Å². The van der Waals surface area contributed by atoms with Crippen LogP contribution >= 0.6 is 0 Å². The summed E-state index contributed by atoms with van der Waals surface area (Å²) in [6.45, 7) is -0.118. The van der Waals surface area contributed by atoms with Crippen LogP contribution in [0.4, 0.5) is 0 Å². The molecule has 0 unspecified atom stereocenters. The van der Waals surface area contributed by atoms with E-state index in [1.807, 2.05) is 6.07 Å². The zero-order chi connectivity index (χ0) is 13.9. The van der Waals surface area contributed by atoms with E-state index in [1.165, 1.54) is 12.1 Å². The molecule has 2 aromatic heterocycles. The van der Waals surface area contributed by atoms with Gasteiger partial charge in [0.1, 0.15) is 23.4 Å². The Morgan fingerprint density at radius 1 is 1.30 bits per heavy atom. The van der Waals surface area contributed by atoms with Gasteiger partial charge in [0, 0.05) is 18.5 Å². The van der Waals surface area contributed by atoms with Gasteiger partial charge in [-0.15, -0.1) is 0 Å². The van der Waals surface area contributed by atoms with E-state index in [9.17, 15) is 5.11 Å². The molecular weight excluding hydrogens is 258 g/mol. The summed E-state index contributed by atoms with van der Waals surface area (Å²) in [6, 6.07) is 6.48. The van der Waals surface area contributed by atoms with Crippen LogP contribution in [0.5, 0.6) is 11.5 Å². The van der Waals surface area contributed by atoms with Gasteiger partial charge in [0.15, 0.2) is 17.9 Å². The summed E-state index contributed by atoms with van der Waals surface area (Å²) < 4.78 is 5.30. The van der Waals surface area contributed by atoms with Crippen molar-refractivity contribution in [3.05, 3.63) is 30.6 Å². The van der Waals surface area contributed by atoms with Crippen LogP contribution in [0.25, 0.3) is 22.7 Å². The van der Waals surface area contributed by atoms with Crippen LogP contribution in [0, 0.1) is 11.3 Å². The minimum absolute atomic E-state index is 0.0500. The third-order valence-corrected chi connectivity index (χ3v) is 2.65. The predicted octanol–water partition coefficient (Wildman–Crippen LogP) is 1.63. The van der Waals surface area contributed by atoms with Crippen molar-refractivity contribution in [3.63, 3.8) is 0 Å². The molecule has 0 fully saturated rings. The highest BCUT2D eigenvalue weighted by molar-refractivity contribution is 5.75. The fourth-order valence-electron chi connectivity index (χ4n) is 1.81. The number of aromatic hydroxyl groups is 1. The molecule has 0 atom stereocenters. The van der Waals surface area contributed by atoms with Crippen LogP contribution in [0.15, 0.2) is 30.6 Å². The molecule has 7 nitrogen and oxygen atoms in total. The Kier molecular flexibility index (Phi) is 2.89. The molecule has 0 saturated carbocycles. The molecule has 0 aliphatic carbocycles. The van der Waals surface area contributed by atoms with Crippen LogP contribution < -0.4 is 4.74 Å². The van der Waals surface area contributed by atoms with Gasteiger partial charge in [-0.3, -0.25) is 0 Å². The van der Waals surface area contributed by atoms with E-state index in [4.69, 9.17) is 10.00 Å². The molecule has 3 aromatic rings. The number of phenolic OH excluding ortho intramolecular Hbond substituents is 1. The molecule has 0 bridgehead atoms. The van der Waals surface area contributed by atoms with Crippen LogP contribution in [0.3, 0.4) is 0 Å². The fraction of sp³-hybridized carbons (Fsp3) is 0.0769. The van der Waals surface area contributed by atoms with Crippen LogP contribution in [-0.2, 0) is 0 Å². The van der Waals surface area contributed by atoms with E-state index in [0.717, 1.165) is 0 Å². The lowest BCUT2D eigenvalue weighted by Gasteiger charge is -2.07. The second kappa shape index (κ2) is 4.85. The molecule has 0 spiro atoms. The van der Waals surface area contributed by atoms with Gasteiger partial charge in [-0.1, -0.05) is 0 Å². The number of aromatic nitrogens is 4. The topological polar surface area (TPSA) is 108 Å². The summed E-state index contributed by atoms with van der Waals surface area (Å²) >= 11 is 0. The standard InChI is InChI=1S/C13H9N5O2/c14-3-6-20-10-7-8(19)1-2-9(10)11-17-12-13(18-11)16-5-4-15-12/h1-2,4-5,7,19H,6H2,(H,15,16,17,18). The summed E-state index contributed by atoms with van der Waals surface area (Å²) in [6.07, 6.45) is 3.12. The number of hydrogen-bond donors (Lipinski definition) is 2. The Morgan fingerprint density at radius 2 is 2.15 bits per heavy atom. The number of benzene rings is 1. The number of aromatic amines is 1. The van der Waals surface area contributed by atoms with Crippen molar-refractivity contribution in [3.8, 4) is 29.0 Å². The van der Waals surface area contributed by atoms with E-state index < -0.39 is 0 Å². The lowest BCUT2D eigenvalue weighted by Crippen LogP contribution is -1.96. The number of fused-ring (bicyclic) bond motifs is 1. The second-order valence-corrected chi connectivity index (χ2v) is 3.94. The van der Waals surface area contributed by atoms with Crippen molar-refractivity contribution in [2.24, 2.45) is 0 Å². The summed E-state index contributed by atoms with van der Waals surface area (Å²) in [4.78, 5) is 15.5. The van der Waals surface area contributed by atoms with E-state index in [2.05, 4.69) is 19.9 Å². The number of nitriles is 1. The Balaban J connectivity index is 2.10. The van der Waals surface area contributed by atoms with Crippen LogP contribution in [0.1, 0.15) is 0 Å². The highest BCUT2D eigenvalue weighted by Crippen LogP contribution is 2.32. The van der Waals surface area contributed by atoms with Crippen molar-refractivity contribution >= 4 is 11.3 Å². The minimum Gasteiger partial charge on any atom is -0.508 e. The smallest absolute Gasteiger partial charge is 0.197 e. The van der Waals surface area contributed by atoms with E-state index >= 15 is 0 Å². The van der Waals surface area contributed by atoms with Gasteiger partial charge in [0.2, 0.25) is 0 Å². The maximum absolute atomic E-state index is 9.51. The molecule has 20 heavy (non-hydrogen) atoms.